The molecule has 1 aromatic carbocycles. The summed E-state index contributed by atoms with van der Waals surface area (Å²) in [4.78, 5) is 37.6. The number of nitrogens with one attached hydrogen (secondary N) is 1. The number of sulfone groups is 1. The molecule has 2 amide bonds. The molecule has 1 saturated heterocycles. The number of carbonyl (C=O) groups excluding carboxylic acids is 3. The summed E-state index contributed by atoms with van der Waals surface area (Å²) in [5.74, 6) is -1.55. The maximum Gasteiger partial charge on any atom is 0.340 e. The van der Waals surface area contributed by atoms with Crippen molar-refractivity contribution in [1.29, 1.82) is 0 Å². The van der Waals surface area contributed by atoms with Crippen LogP contribution in [0.15, 0.2) is 24.3 Å². The first kappa shape index (κ1) is 19.9. The molecule has 1 N–H and O–H groups in total. The van der Waals surface area contributed by atoms with Crippen LogP contribution in [-0.2, 0) is 24.2 Å². The number of benzene rings is 1. The first-order chi connectivity index (χ1) is 12.2. The Morgan fingerprint density at radius 3 is 2.54 bits per heavy atom. The van der Waals surface area contributed by atoms with Gasteiger partial charge in [0.05, 0.1) is 29.4 Å². The van der Waals surface area contributed by atoms with Gasteiger partial charge in [-0.2, -0.15) is 0 Å². The largest absolute Gasteiger partial charge is 0.462 e. The molecule has 8 nitrogen and oxygen atoms in total. The van der Waals surface area contributed by atoms with Crippen LogP contribution in [0.1, 0.15) is 30.6 Å². The van der Waals surface area contributed by atoms with Crippen molar-refractivity contribution >= 4 is 33.3 Å². The zero-order valence-corrected chi connectivity index (χ0v) is 15.5. The lowest BCUT2D eigenvalue weighted by Crippen LogP contribution is -2.44. The summed E-state index contributed by atoms with van der Waals surface area (Å²) < 4.78 is 28.0. The zero-order valence-electron chi connectivity index (χ0n) is 14.7. The second-order valence-corrected chi connectivity index (χ2v) is 8.24. The Kier molecular flexibility index (Phi) is 6.36. The molecule has 0 bridgehead atoms. The Labute approximate surface area is 152 Å². The standard InChI is InChI=1S/C17H22N2O6S/c1-3-25-17(22)14-6-4-5-7-15(14)19(12(2)20)10-16(21)18-13-8-9-26(23,24)11-13/h4-7,13H,3,8-11H2,1-2H3,(H,18,21). The maximum atomic E-state index is 12.3. The molecule has 1 fully saturated rings. The van der Waals surface area contributed by atoms with Crippen LogP contribution in [0.5, 0.6) is 0 Å². The molecule has 0 saturated carbocycles. The third-order valence-corrected chi connectivity index (χ3v) is 5.74. The minimum atomic E-state index is -3.12. The normalized spacial score (nSPS) is 18.2. The van der Waals surface area contributed by atoms with Crippen molar-refractivity contribution in [3.8, 4) is 0 Å². The number of ether oxygens (including phenoxy) is 1. The average Bonchev–Trinajstić information content (AvgIpc) is 2.91. The molecule has 1 aliphatic rings. The molecule has 0 aromatic heterocycles. The van der Waals surface area contributed by atoms with Crippen molar-refractivity contribution in [2.75, 3.05) is 29.6 Å². The average molecular weight is 382 g/mol. The fourth-order valence-electron chi connectivity index (χ4n) is 2.78. The Bertz CT molecular complexity index is 805. The summed E-state index contributed by atoms with van der Waals surface area (Å²) in [6.45, 7) is 2.83. The lowest BCUT2D eigenvalue weighted by Gasteiger charge is -2.23. The van der Waals surface area contributed by atoms with Crippen LogP contribution in [0.4, 0.5) is 5.69 Å². The van der Waals surface area contributed by atoms with Gasteiger partial charge in [0.15, 0.2) is 9.84 Å². The van der Waals surface area contributed by atoms with Crippen LogP contribution in [0.3, 0.4) is 0 Å². The van der Waals surface area contributed by atoms with E-state index < -0.39 is 33.7 Å². The van der Waals surface area contributed by atoms with E-state index in [1.165, 1.54) is 17.9 Å². The lowest BCUT2D eigenvalue weighted by molar-refractivity contribution is -0.123. The molecule has 1 aromatic rings. The summed E-state index contributed by atoms with van der Waals surface area (Å²) in [6, 6.07) is 5.90. The van der Waals surface area contributed by atoms with Gasteiger partial charge in [-0.1, -0.05) is 12.1 Å². The van der Waals surface area contributed by atoms with Gasteiger partial charge in [0.25, 0.3) is 0 Å². The number of amides is 2. The van der Waals surface area contributed by atoms with E-state index >= 15 is 0 Å². The molecule has 1 heterocycles. The van der Waals surface area contributed by atoms with Crippen molar-refractivity contribution in [3.05, 3.63) is 29.8 Å². The highest BCUT2D eigenvalue weighted by molar-refractivity contribution is 7.91. The van der Waals surface area contributed by atoms with Crippen molar-refractivity contribution in [1.82, 2.24) is 5.32 Å². The summed E-state index contributed by atoms with van der Waals surface area (Å²) in [6.07, 6.45) is 0.355. The maximum absolute atomic E-state index is 12.3. The predicted octanol–water partition coefficient (Wildman–Crippen LogP) is 0.520. The van der Waals surface area contributed by atoms with Crippen LogP contribution in [-0.4, -0.2) is 56.9 Å². The first-order valence-corrected chi connectivity index (χ1v) is 10.1. The van der Waals surface area contributed by atoms with E-state index in [0.29, 0.717) is 6.42 Å². The molecule has 142 valence electrons. The Morgan fingerprint density at radius 2 is 1.96 bits per heavy atom. The number of anilines is 1. The number of nitrogens with zero attached hydrogens (tertiary/aromatic N) is 1. The molecular formula is C17H22N2O6S. The third-order valence-electron chi connectivity index (χ3n) is 3.97. The van der Waals surface area contributed by atoms with Gasteiger partial charge in [0.2, 0.25) is 11.8 Å². The van der Waals surface area contributed by atoms with Crippen LogP contribution in [0.25, 0.3) is 0 Å². The molecule has 0 radical (unpaired) electrons. The quantitative estimate of drug-likeness (QED) is 0.718. The third kappa shape index (κ3) is 5.04. The molecule has 0 aliphatic carbocycles. The first-order valence-electron chi connectivity index (χ1n) is 8.27. The highest BCUT2D eigenvalue weighted by atomic mass is 32.2. The second-order valence-electron chi connectivity index (χ2n) is 6.01. The number of para-hydroxylation sites is 1. The zero-order chi connectivity index (χ0) is 19.3. The van der Waals surface area contributed by atoms with Gasteiger partial charge in [-0.05, 0) is 25.5 Å². The van der Waals surface area contributed by atoms with Gasteiger partial charge in [-0.3, -0.25) is 9.59 Å². The van der Waals surface area contributed by atoms with Gasteiger partial charge >= 0.3 is 5.97 Å². The van der Waals surface area contributed by atoms with Crippen molar-refractivity contribution in [2.45, 2.75) is 26.3 Å². The van der Waals surface area contributed by atoms with Crippen LogP contribution in [0.2, 0.25) is 0 Å². The molecule has 9 heteroatoms. The monoisotopic (exact) mass is 382 g/mol. The van der Waals surface area contributed by atoms with E-state index in [1.54, 1.807) is 25.1 Å². The van der Waals surface area contributed by atoms with Gasteiger partial charge in [0.1, 0.15) is 6.54 Å². The summed E-state index contributed by atoms with van der Waals surface area (Å²) >= 11 is 0. The lowest BCUT2D eigenvalue weighted by atomic mass is 10.1. The van der Waals surface area contributed by atoms with Crippen LogP contribution in [0, 0.1) is 0 Å². The number of esters is 1. The van der Waals surface area contributed by atoms with E-state index in [9.17, 15) is 22.8 Å². The second kappa shape index (κ2) is 8.31. The Morgan fingerprint density at radius 1 is 1.27 bits per heavy atom. The van der Waals surface area contributed by atoms with E-state index in [2.05, 4.69) is 5.32 Å². The SMILES string of the molecule is CCOC(=O)c1ccccc1N(CC(=O)NC1CCS(=O)(=O)C1)C(C)=O. The summed E-state index contributed by atoms with van der Waals surface area (Å²) in [5.41, 5.74) is 0.452. The fraction of sp³-hybridized carbons (Fsp3) is 0.471. The van der Waals surface area contributed by atoms with Crippen molar-refractivity contribution < 1.29 is 27.5 Å². The number of rotatable bonds is 6. The molecule has 1 aliphatic heterocycles. The van der Waals surface area contributed by atoms with E-state index in [0.717, 1.165) is 0 Å². The van der Waals surface area contributed by atoms with E-state index in [4.69, 9.17) is 4.74 Å². The highest BCUT2D eigenvalue weighted by Gasteiger charge is 2.30. The molecule has 1 unspecified atom stereocenters. The van der Waals surface area contributed by atoms with E-state index in [-0.39, 0.29) is 35.9 Å². The highest BCUT2D eigenvalue weighted by Crippen LogP contribution is 2.22. The minimum absolute atomic E-state index is 0.0417. The van der Waals surface area contributed by atoms with Gasteiger partial charge < -0.3 is 15.0 Å². The molecule has 1 atom stereocenters. The Hall–Kier alpha value is -2.42. The number of hydrogen-bond donors (Lipinski definition) is 1. The van der Waals surface area contributed by atoms with Crippen LogP contribution < -0.4 is 10.2 Å². The van der Waals surface area contributed by atoms with Gasteiger partial charge in [-0.15, -0.1) is 0 Å². The van der Waals surface area contributed by atoms with Crippen molar-refractivity contribution in [2.24, 2.45) is 0 Å². The smallest absolute Gasteiger partial charge is 0.340 e. The van der Waals surface area contributed by atoms with Crippen molar-refractivity contribution in [3.63, 3.8) is 0 Å². The predicted molar refractivity (Wildman–Crippen MR) is 95.6 cm³/mol. The number of hydrogen-bond acceptors (Lipinski definition) is 6. The molecule has 0 spiro atoms. The van der Waals surface area contributed by atoms with Gasteiger partial charge in [-0.25, -0.2) is 13.2 Å². The van der Waals surface area contributed by atoms with E-state index in [1.807, 2.05) is 0 Å². The number of carbonyl (C=O) groups is 3. The molecule has 26 heavy (non-hydrogen) atoms. The summed E-state index contributed by atoms with van der Waals surface area (Å²) in [7, 11) is -3.12. The summed E-state index contributed by atoms with van der Waals surface area (Å²) in [5, 5.41) is 2.64. The molecular weight excluding hydrogens is 360 g/mol. The van der Waals surface area contributed by atoms with Gasteiger partial charge in [0, 0.05) is 13.0 Å². The minimum Gasteiger partial charge on any atom is -0.462 e. The van der Waals surface area contributed by atoms with Crippen LogP contribution >= 0.6 is 0 Å². The fourth-order valence-corrected chi connectivity index (χ4v) is 4.46. The molecule has 2 rings (SSSR count). The topological polar surface area (TPSA) is 110 Å². The Balaban J connectivity index is 2.16.